The van der Waals surface area contributed by atoms with Crippen LogP contribution in [-0.2, 0) is 0 Å². The lowest BCUT2D eigenvalue weighted by Crippen LogP contribution is -1.96. The lowest BCUT2D eigenvalue weighted by Gasteiger charge is -2.18. The van der Waals surface area contributed by atoms with Gasteiger partial charge in [0, 0.05) is 33.4 Å². The van der Waals surface area contributed by atoms with Gasteiger partial charge >= 0.3 is 0 Å². The standard InChI is InChI=1S/C69H47N3/c1-7-23-48(24-8-1)60-35-19-21-37-62(60)68-46-59(47-69(72-68)63-38-22-20-36-61(63)49-25-9-2-10-26-49)56-40-54(57-42-64(50-27-11-3-12-28-50)70-65(43-57)51-29-13-4-14-30-51)39-55(41-56)58-44-66(52-31-15-5-16-32-52)71-67(45-58)53-33-17-6-18-34-53/h1-47H. The fourth-order valence-corrected chi connectivity index (χ4v) is 9.67. The molecule has 0 aliphatic heterocycles. The molecule has 72 heavy (non-hydrogen) atoms. The van der Waals surface area contributed by atoms with Gasteiger partial charge in [-0.2, -0.15) is 0 Å². The van der Waals surface area contributed by atoms with Crippen LogP contribution in [0.15, 0.2) is 285 Å². The van der Waals surface area contributed by atoms with Crippen LogP contribution in [0.2, 0.25) is 0 Å². The van der Waals surface area contributed by atoms with E-state index in [0.717, 1.165) is 123 Å². The van der Waals surface area contributed by atoms with E-state index in [1.807, 2.05) is 0 Å². The molecule has 0 unspecified atom stereocenters. The molecule has 12 aromatic rings. The first-order valence-electron chi connectivity index (χ1n) is 24.4. The first kappa shape index (κ1) is 43.7. The van der Waals surface area contributed by atoms with Gasteiger partial charge in [0.25, 0.3) is 0 Å². The molecule has 0 fully saturated rings. The van der Waals surface area contributed by atoms with Crippen LogP contribution in [0.4, 0.5) is 0 Å². The number of pyridine rings is 3. The molecule has 3 nitrogen and oxygen atoms in total. The molecule has 0 saturated heterocycles. The maximum absolute atomic E-state index is 5.60. The first-order valence-corrected chi connectivity index (χ1v) is 24.4. The number of benzene rings is 9. The highest BCUT2D eigenvalue weighted by Gasteiger charge is 2.19. The molecule has 0 spiro atoms. The van der Waals surface area contributed by atoms with E-state index in [1.54, 1.807) is 0 Å². The van der Waals surface area contributed by atoms with Crippen LogP contribution in [0.25, 0.3) is 123 Å². The van der Waals surface area contributed by atoms with Crippen molar-refractivity contribution in [3.05, 3.63) is 285 Å². The molecule has 3 aromatic heterocycles. The highest BCUT2D eigenvalue weighted by molar-refractivity contribution is 5.91. The Kier molecular flexibility index (Phi) is 12.0. The van der Waals surface area contributed by atoms with Crippen molar-refractivity contribution in [2.75, 3.05) is 0 Å². The second-order valence-electron chi connectivity index (χ2n) is 18.0. The fourth-order valence-electron chi connectivity index (χ4n) is 9.67. The van der Waals surface area contributed by atoms with Crippen LogP contribution in [0.3, 0.4) is 0 Å². The fraction of sp³-hybridized carbons (Fsp3) is 0. The molecule has 0 N–H and O–H groups in total. The molecular formula is C69H47N3. The number of hydrogen-bond acceptors (Lipinski definition) is 3. The van der Waals surface area contributed by atoms with Crippen molar-refractivity contribution < 1.29 is 0 Å². The summed E-state index contributed by atoms with van der Waals surface area (Å²) in [6, 6.07) is 101. The Labute approximate surface area is 421 Å². The quantitative estimate of drug-likeness (QED) is 0.130. The summed E-state index contributed by atoms with van der Waals surface area (Å²) in [5.74, 6) is 0. The topological polar surface area (TPSA) is 38.7 Å². The largest absolute Gasteiger partial charge is 0.248 e. The Hall–Kier alpha value is -9.57. The molecule has 3 heterocycles. The Morgan fingerprint density at radius 3 is 0.611 bits per heavy atom. The van der Waals surface area contributed by atoms with Crippen molar-refractivity contribution in [3.8, 4) is 123 Å². The second kappa shape index (κ2) is 19.8. The normalized spacial score (nSPS) is 11.1. The summed E-state index contributed by atoms with van der Waals surface area (Å²) in [6.45, 7) is 0. The number of aromatic nitrogens is 3. The lowest BCUT2D eigenvalue weighted by atomic mass is 9.89. The molecular weight excluding hydrogens is 871 g/mol. The molecule has 0 aliphatic carbocycles. The van der Waals surface area contributed by atoms with Gasteiger partial charge < -0.3 is 0 Å². The predicted molar refractivity (Wildman–Crippen MR) is 300 cm³/mol. The van der Waals surface area contributed by atoms with E-state index in [-0.39, 0.29) is 0 Å². The third kappa shape index (κ3) is 9.19. The van der Waals surface area contributed by atoms with E-state index >= 15 is 0 Å². The minimum Gasteiger partial charge on any atom is -0.248 e. The summed E-state index contributed by atoms with van der Waals surface area (Å²) in [4.78, 5) is 16.2. The van der Waals surface area contributed by atoms with Crippen LogP contribution in [0.1, 0.15) is 0 Å². The summed E-state index contributed by atoms with van der Waals surface area (Å²) in [6.07, 6.45) is 0. The third-order valence-corrected chi connectivity index (χ3v) is 13.3. The summed E-state index contributed by atoms with van der Waals surface area (Å²) < 4.78 is 0. The van der Waals surface area contributed by atoms with Crippen LogP contribution in [0.5, 0.6) is 0 Å². The summed E-state index contributed by atoms with van der Waals surface area (Å²) in [7, 11) is 0. The van der Waals surface area contributed by atoms with E-state index in [9.17, 15) is 0 Å². The van der Waals surface area contributed by atoms with Crippen molar-refractivity contribution in [2.24, 2.45) is 0 Å². The number of nitrogens with zero attached hydrogens (tertiary/aromatic N) is 3. The van der Waals surface area contributed by atoms with E-state index < -0.39 is 0 Å². The maximum atomic E-state index is 5.60. The first-order chi connectivity index (χ1) is 35.7. The number of rotatable bonds is 11. The summed E-state index contributed by atoms with van der Waals surface area (Å²) in [5, 5.41) is 0. The van der Waals surface area contributed by atoms with E-state index in [4.69, 9.17) is 15.0 Å². The third-order valence-electron chi connectivity index (χ3n) is 13.3. The zero-order valence-electron chi connectivity index (χ0n) is 39.5. The Balaban J connectivity index is 1.14. The minimum absolute atomic E-state index is 0.889. The Morgan fingerprint density at radius 2 is 0.333 bits per heavy atom. The lowest BCUT2D eigenvalue weighted by molar-refractivity contribution is 1.31. The van der Waals surface area contributed by atoms with Crippen LogP contribution in [-0.4, -0.2) is 15.0 Å². The molecule has 0 aliphatic rings. The average molecular weight is 918 g/mol. The molecule has 338 valence electrons. The average Bonchev–Trinajstić information content (AvgIpc) is 3.48. The summed E-state index contributed by atoms with van der Waals surface area (Å²) >= 11 is 0. The zero-order chi connectivity index (χ0) is 48.1. The van der Waals surface area contributed by atoms with Gasteiger partial charge in [-0.3, -0.25) is 0 Å². The monoisotopic (exact) mass is 917 g/mol. The molecule has 0 bridgehead atoms. The van der Waals surface area contributed by atoms with Gasteiger partial charge in [0.2, 0.25) is 0 Å². The van der Waals surface area contributed by atoms with Crippen LogP contribution in [0, 0.1) is 0 Å². The van der Waals surface area contributed by atoms with Crippen molar-refractivity contribution in [1.82, 2.24) is 15.0 Å². The van der Waals surface area contributed by atoms with Crippen LogP contribution < -0.4 is 0 Å². The van der Waals surface area contributed by atoms with Gasteiger partial charge in [0.05, 0.1) is 34.2 Å². The highest BCUT2D eigenvalue weighted by Crippen LogP contribution is 2.42. The van der Waals surface area contributed by atoms with Gasteiger partial charge in [-0.15, -0.1) is 0 Å². The van der Waals surface area contributed by atoms with Crippen molar-refractivity contribution >= 4 is 0 Å². The minimum atomic E-state index is 0.889. The second-order valence-corrected chi connectivity index (χ2v) is 18.0. The van der Waals surface area contributed by atoms with E-state index in [0.29, 0.717) is 0 Å². The SMILES string of the molecule is c1ccc(-c2cc(-c3cc(-c4cc(-c5ccccc5)nc(-c5ccccc5)c4)cc(-c4cc(-c5ccccc5-c5ccccc5)nc(-c5ccccc5-c5ccccc5)c4)c3)cc(-c3ccccc3)n2)cc1. The van der Waals surface area contributed by atoms with Gasteiger partial charge in [-0.1, -0.05) is 231 Å². The van der Waals surface area contributed by atoms with Crippen molar-refractivity contribution in [2.45, 2.75) is 0 Å². The van der Waals surface area contributed by atoms with Gasteiger partial charge in [0.15, 0.2) is 0 Å². The highest BCUT2D eigenvalue weighted by atomic mass is 14.7. The molecule has 9 aromatic carbocycles. The van der Waals surface area contributed by atoms with Crippen molar-refractivity contribution in [1.29, 1.82) is 0 Å². The molecule has 0 amide bonds. The maximum Gasteiger partial charge on any atom is 0.0721 e. The smallest absolute Gasteiger partial charge is 0.0721 e. The molecule has 0 atom stereocenters. The molecule has 0 saturated carbocycles. The number of hydrogen-bond donors (Lipinski definition) is 0. The Bertz CT molecular complexity index is 3460. The molecule has 3 heteroatoms. The van der Waals surface area contributed by atoms with E-state index in [2.05, 4.69) is 285 Å². The van der Waals surface area contributed by atoms with Crippen LogP contribution >= 0.6 is 0 Å². The van der Waals surface area contributed by atoms with Crippen molar-refractivity contribution in [3.63, 3.8) is 0 Å². The molecule has 0 radical (unpaired) electrons. The zero-order valence-corrected chi connectivity index (χ0v) is 39.5. The summed E-state index contributed by atoms with van der Waals surface area (Å²) in [5.41, 5.74) is 22.6. The predicted octanol–water partition coefficient (Wildman–Crippen LogP) is 18.2. The van der Waals surface area contributed by atoms with E-state index in [1.165, 1.54) is 0 Å². The molecule has 12 rings (SSSR count). The Morgan fingerprint density at radius 1 is 0.139 bits per heavy atom. The van der Waals surface area contributed by atoms with Gasteiger partial charge in [-0.05, 0) is 110 Å². The van der Waals surface area contributed by atoms with Gasteiger partial charge in [0.1, 0.15) is 0 Å². The van der Waals surface area contributed by atoms with Gasteiger partial charge in [-0.25, -0.2) is 15.0 Å².